The summed E-state index contributed by atoms with van der Waals surface area (Å²) in [5.74, 6) is -0.972. The molecule has 0 fully saturated rings. The highest BCUT2D eigenvalue weighted by molar-refractivity contribution is 7.99. The first-order valence-corrected chi connectivity index (χ1v) is 12.2. The summed E-state index contributed by atoms with van der Waals surface area (Å²) >= 11 is 3.08. The van der Waals surface area contributed by atoms with Crippen molar-refractivity contribution in [2.75, 3.05) is 0 Å². The maximum atomic E-state index is 14.7. The largest absolute Gasteiger partial charge is 0.382 e. The Morgan fingerprint density at radius 1 is 1.24 bits per heavy atom. The van der Waals surface area contributed by atoms with Crippen LogP contribution in [0.1, 0.15) is 23.7 Å². The number of thioether (sulfide) groups is 1. The molecule has 0 radical (unpaired) electrons. The molecule has 6 nitrogen and oxygen atoms in total. The second-order valence-corrected chi connectivity index (χ2v) is 10.3. The summed E-state index contributed by atoms with van der Waals surface area (Å²) in [5.41, 5.74) is 1.57. The fraction of sp³-hybridized carbons (Fsp3) is 0.261. The maximum absolute atomic E-state index is 14.7. The Labute approximate surface area is 196 Å². The minimum Gasteiger partial charge on any atom is -0.382 e. The van der Waals surface area contributed by atoms with Crippen LogP contribution >= 0.6 is 23.1 Å². The van der Waals surface area contributed by atoms with E-state index in [0.717, 1.165) is 28.3 Å². The molecule has 5 rings (SSSR count). The molecule has 10 heteroatoms. The summed E-state index contributed by atoms with van der Waals surface area (Å²) < 4.78 is 33.0. The molecule has 0 aliphatic heterocycles. The smallest absolute Gasteiger partial charge is 0.194 e. The van der Waals surface area contributed by atoms with E-state index in [4.69, 9.17) is 4.98 Å². The van der Waals surface area contributed by atoms with Gasteiger partial charge in [0.2, 0.25) is 0 Å². The lowest BCUT2D eigenvalue weighted by Crippen LogP contribution is -2.41. The number of benzene rings is 2. The molecule has 33 heavy (non-hydrogen) atoms. The van der Waals surface area contributed by atoms with Crippen LogP contribution in [0.3, 0.4) is 0 Å². The van der Waals surface area contributed by atoms with Crippen molar-refractivity contribution >= 4 is 38.3 Å². The summed E-state index contributed by atoms with van der Waals surface area (Å²) in [5, 5.41) is 15.3. The first-order valence-electron chi connectivity index (χ1n) is 10.3. The summed E-state index contributed by atoms with van der Waals surface area (Å²) in [6.45, 7) is 3.88. The molecule has 0 saturated heterocycles. The van der Waals surface area contributed by atoms with Crippen molar-refractivity contribution in [3.05, 3.63) is 83.7 Å². The van der Waals surface area contributed by atoms with Gasteiger partial charge < -0.3 is 5.11 Å². The van der Waals surface area contributed by atoms with Gasteiger partial charge in [0.05, 0.1) is 22.5 Å². The van der Waals surface area contributed by atoms with E-state index in [9.17, 15) is 13.9 Å². The van der Waals surface area contributed by atoms with Gasteiger partial charge in [-0.3, -0.25) is 4.40 Å². The molecule has 0 spiro atoms. The van der Waals surface area contributed by atoms with E-state index in [2.05, 4.69) is 33.5 Å². The first-order chi connectivity index (χ1) is 15.8. The second kappa shape index (κ2) is 8.51. The van der Waals surface area contributed by atoms with Crippen molar-refractivity contribution in [3.63, 3.8) is 0 Å². The molecule has 170 valence electrons. The van der Waals surface area contributed by atoms with E-state index < -0.39 is 22.5 Å². The zero-order valence-electron chi connectivity index (χ0n) is 17.9. The number of halogens is 2. The molecule has 0 bridgehead atoms. The molecule has 2 atom stereocenters. The van der Waals surface area contributed by atoms with Gasteiger partial charge in [-0.25, -0.2) is 23.4 Å². The normalized spacial score (nSPS) is 14.7. The molecule has 0 aliphatic carbocycles. The minimum absolute atomic E-state index is 0.0202. The van der Waals surface area contributed by atoms with Gasteiger partial charge in [0.25, 0.3) is 0 Å². The van der Waals surface area contributed by atoms with Gasteiger partial charge in [-0.2, -0.15) is 5.10 Å². The zero-order chi connectivity index (χ0) is 23.2. The number of hydrogen-bond acceptors (Lipinski definition) is 6. The molecule has 3 aromatic heterocycles. The Morgan fingerprint density at radius 2 is 2.09 bits per heavy atom. The number of aryl methyl sites for hydroxylation is 1. The van der Waals surface area contributed by atoms with Crippen LogP contribution in [0, 0.1) is 18.6 Å². The van der Waals surface area contributed by atoms with Crippen LogP contribution in [-0.2, 0) is 17.9 Å². The third-order valence-electron chi connectivity index (χ3n) is 5.79. The Bertz CT molecular complexity index is 1430. The monoisotopic (exact) mass is 485 g/mol. The number of aromatic nitrogens is 5. The summed E-state index contributed by atoms with van der Waals surface area (Å²) in [4.78, 5) is 9.57. The van der Waals surface area contributed by atoms with Crippen molar-refractivity contribution in [1.29, 1.82) is 0 Å². The van der Waals surface area contributed by atoms with Gasteiger partial charge in [-0.15, -0.1) is 11.8 Å². The van der Waals surface area contributed by atoms with Crippen molar-refractivity contribution in [2.45, 2.75) is 37.0 Å². The number of hydrogen-bond donors (Lipinski definition) is 1. The topological polar surface area (TPSA) is 68.2 Å². The second-order valence-electron chi connectivity index (χ2n) is 8.00. The van der Waals surface area contributed by atoms with Crippen molar-refractivity contribution in [1.82, 2.24) is 24.1 Å². The average Bonchev–Trinajstić information content (AvgIpc) is 3.48. The van der Waals surface area contributed by atoms with Crippen LogP contribution in [-0.4, -0.2) is 34.5 Å². The number of fused-ring (bicyclic) bond motifs is 3. The van der Waals surface area contributed by atoms with E-state index in [1.54, 1.807) is 11.3 Å². The third-order valence-corrected chi connectivity index (χ3v) is 8.16. The number of nitrogens with zero attached hydrogens (tertiary/aromatic N) is 5. The lowest BCUT2D eigenvalue weighted by molar-refractivity contribution is 0.0133. The lowest BCUT2D eigenvalue weighted by Gasteiger charge is -2.34. The number of aliphatic hydroxyl groups is 1. The molecule has 1 N–H and O–H groups in total. The Morgan fingerprint density at radius 3 is 2.85 bits per heavy atom. The summed E-state index contributed by atoms with van der Waals surface area (Å²) in [6.07, 6.45) is 4.82. The van der Waals surface area contributed by atoms with Gasteiger partial charge >= 0.3 is 0 Å². The fourth-order valence-corrected chi connectivity index (χ4v) is 6.16. The van der Waals surface area contributed by atoms with Crippen molar-refractivity contribution in [2.24, 2.45) is 0 Å². The molecule has 3 heterocycles. The Hall–Kier alpha value is -2.82. The van der Waals surface area contributed by atoms with Crippen LogP contribution in [0.5, 0.6) is 0 Å². The Kier molecular flexibility index (Phi) is 5.67. The zero-order valence-corrected chi connectivity index (χ0v) is 19.6. The van der Waals surface area contributed by atoms with E-state index in [1.807, 2.05) is 19.2 Å². The molecule has 5 aromatic rings. The third kappa shape index (κ3) is 4.03. The van der Waals surface area contributed by atoms with Gasteiger partial charge in [-0.1, -0.05) is 36.5 Å². The standard InChI is InChI=1S/C23H21F2N5OS2/c1-14-4-3-5-20-21(14)30-9-17(28-22(30)33-20)10-32-15(2)23(31,11-29-13-26-12-27-29)18-7-6-16(24)8-19(18)25/h3-9,12-13,15,31H,10-11H2,1-2H3/t15-,23-/m1/s1. The van der Waals surface area contributed by atoms with Crippen LogP contribution in [0.4, 0.5) is 8.78 Å². The molecule has 0 saturated carbocycles. The predicted octanol–water partition coefficient (Wildman–Crippen LogP) is 4.94. The number of para-hydroxylation sites is 1. The van der Waals surface area contributed by atoms with Gasteiger partial charge in [0.15, 0.2) is 4.96 Å². The summed E-state index contributed by atoms with van der Waals surface area (Å²) in [6, 6.07) is 9.43. The number of imidazole rings is 1. The van der Waals surface area contributed by atoms with Crippen molar-refractivity contribution in [3.8, 4) is 0 Å². The molecule has 2 aromatic carbocycles. The average molecular weight is 486 g/mol. The number of rotatable bonds is 7. The van der Waals surface area contributed by atoms with E-state index in [-0.39, 0.29) is 12.1 Å². The van der Waals surface area contributed by atoms with Gasteiger partial charge in [0.1, 0.15) is 29.9 Å². The fourth-order valence-electron chi connectivity index (χ4n) is 4.02. The highest BCUT2D eigenvalue weighted by atomic mass is 32.2. The molecular weight excluding hydrogens is 464 g/mol. The van der Waals surface area contributed by atoms with Crippen LogP contribution < -0.4 is 0 Å². The highest BCUT2D eigenvalue weighted by Crippen LogP contribution is 2.38. The molecule has 0 aliphatic rings. The predicted molar refractivity (Wildman–Crippen MR) is 126 cm³/mol. The number of thiazole rings is 1. The lowest BCUT2D eigenvalue weighted by atomic mass is 9.90. The van der Waals surface area contributed by atoms with Crippen LogP contribution in [0.25, 0.3) is 15.2 Å². The quantitative estimate of drug-likeness (QED) is 0.354. The van der Waals surface area contributed by atoms with E-state index in [0.29, 0.717) is 5.75 Å². The van der Waals surface area contributed by atoms with E-state index >= 15 is 0 Å². The van der Waals surface area contributed by atoms with Gasteiger partial charge in [-0.05, 0) is 24.6 Å². The SMILES string of the molecule is Cc1cccc2sc3nc(CS[C@H](C)[C@](O)(Cn4cncn4)c4ccc(F)cc4F)cn3c12. The maximum Gasteiger partial charge on any atom is 0.194 e. The highest BCUT2D eigenvalue weighted by Gasteiger charge is 2.39. The van der Waals surface area contributed by atoms with Crippen LogP contribution in [0.2, 0.25) is 0 Å². The molecule has 0 unspecified atom stereocenters. The van der Waals surface area contributed by atoms with Crippen molar-refractivity contribution < 1.29 is 13.9 Å². The van der Waals surface area contributed by atoms with Gasteiger partial charge in [0, 0.05) is 28.8 Å². The minimum atomic E-state index is -1.64. The van der Waals surface area contributed by atoms with E-state index in [1.165, 1.54) is 45.4 Å². The summed E-state index contributed by atoms with van der Waals surface area (Å²) in [7, 11) is 0. The molecule has 0 amide bonds. The molecular formula is C23H21F2N5OS2. The van der Waals surface area contributed by atoms with Crippen LogP contribution in [0.15, 0.2) is 55.2 Å². The first kappa shape index (κ1) is 22.0. The Balaban J connectivity index is 1.43.